The molecule has 0 saturated carbocycles. The number of hydrogen-bond donors (Lipinski definition) is 0. The second-order valence-electron chi connectivity index (χ2n) is 3.80. The third-order valence-corrected chi connectivity index (χ3v) is 4.11. The molecule has 0 heterocycles. The first kappa shape index (κ1) is 12.7. The highest BCUT2D eigenvalue weighted by atomic mass is 127. The molecule has 2 atom stereocenters. The van der Waals surface area contributed by atoms with Crippen LogP contribution in [0.5, 0.6) is 0 Å². The molecule has 0 fully saturated rings. The summed E-state index contributed by atoms with van der Waals surface area (Å²) in [6, 6.07) is 0. The minimum atomic E-state index is 0.916. The molecule has 0 N–H and O–H groups in total. The second kappa shape index (κ2) is 8.33. The number of hydrogen-bond acceptors (Lipinski definition) is 0. The minimum Gasteiger partial charge on any atom is -0.0826 e. The molecule has 0 aliphatic carbocycles. The van der Waals surface area contributed by atoms with E-state index in [0.29, 0.717) is 0 Å². The third kappa shape index (κ3) is 7.38. The lowest BCUT2D eigenvalue weighted by atomic mass is 10.0. The van der Waals surface area contributed by atoms with Crippen LogP contribution in [0.15, 0.2) is 0 Å². The van der Waals surface area contributed by atoms with Crippen LogP contribution in [0.2, 0.25) is 0 Å². The van der Waals surface area contributed by atoms with Crippen molar-refractivity contribution in [1.29, 1.82) is 0 Å². The molecule has 12 heavy (non-hydrogen) atoms. The fourth-order valence-electron chi connectivity index (χ4n) is 1.27. The van der Waals surface area contributed by atoms with Gasteiger partial charge in [0.1, 0.15) is 0 Å². The van der Waals surface area contributed by atoms with Crippen LogP contribution in [0.25, 0.3) is 0 Å². The first-order valence-electron chi connectivity index (χ1n) is 5.34. The average Bonchev–Trinajstić information content (AvgIpc) is 2.11. The van der Waals surface area contributed by atoms with Gasteiger partial charge in [-0.05, 0) is 18.8 Å². The van der Waals surface area contributed by atoms with Gasteiger partial charge in [-0.15, -0.1) is 0 Å². The van der Waals surface area contributed by atoms with Crippen molar-refractivity contribution in [3.63, 3.8) is 0 Å². The Morgan fingerprint density at radius 2 is 1.58 bits per heavy atom. The lowest BCUT2D eigenvalue weighted by Gasteiger charge is -2.09. The number of halogens is 1. The van der Waals surface area contributed by atoms with Crippen molar-refractivity contribution in [2.24, 2.45) is 5.92 Å². The van der Waals surface area contributed by atoms with E-state index in [1.165, 1.54) is 38.5 Å². The van der Waals surface area contributed by atoms with E-state index >= 15 is 0 Å². The number of unbranched alkanes of at least 4 members (excludes halogenated alkanes) is 1. The fourth-order valence-corrected chi connectivity index (χ4v) is 1.71. The monoisotopic (exact) mass is 282 g/mol. The van der Waals surface area contributed by atoms with Crippen LogP contribution in [0.4, 0.5) is 0 Å². The number of rotatable bonds is 7. The topological polar surface area (TPSA) is 0 Å². The van der Waals surface area contributed by atoms with Crippen molar-refractivity contribution in [2.75, 3.05) is 0 Å². The van der Waals surface area contributed by atoms with E-state index in [1.807, 2.05) is 0 Å². The fraction of sp³-hybridized carbons (Fsp3) is 1.00. The van der Waals surface area contributed by atoms with Crippen molar-refractivity contribution >= 4 is 22.6 Å². The van der Waals surface area contributed by atoms with Crippen LogP contribution in [0.1, 0.15) is 59.3 Å². The van der Waals surface area contributed by atoms with E-state index in [9.17, 15) is 0 Å². The highest BCUT2D eigenvalue weighted by Gasteiger charge is 2.01. The van der Waals surface area contributed by atoms with Crippen molar-refractivity contribution < 1.29 is 0 Å². The van der Waals surface area contributed by atoms with Crippen molar-refractivity contribution in [3.05, 3.63) is 0 Å². The number of alkyl halides is 1. The van der Waals surface area contributed by atoms with Crippen LogP contribution in [0.3, 0.4) is 0 Å². The molecule has 0 rings (SSSR count). The lowest BCUT2D eigenvalue weighted by Crippen LogP contribution is -1.96. The maximum Gasteiger partial charge on any atom is 0.0107 e. The zero-order valence-electron chi connectivity index (χ0n) is 8.78. The van der Waals surface area contributed by atoms with Crippen LogP contribution < -0.4 is 0 Å². The van der Waals surface area contributed by atoms with Crippen LogP contribution in [0, 0.1) is 5.92 Å². The molecule has 74 valence electrons. The first-order chi connectivity index (χ1) is 5.70. The molecule has 0 aromatic rings. The van der Waals surface area contributed by atoms with E-state index < -0.39 is 0 Å². The highest BCUT2D eigenvalue weighted by Crippen LogP contribution is 2.17. The maximum absolute atomic E-state index is 2.57. The summed E-state index contributed by atoms with van der Waals surface area (Å²) in [6.07, 6.45) is 8.42. The third-order valence-electron chi connectivity index (χ3n) is 2.60. The minimum absolute atomic E-state index is 0.916. The van der Waals surface area contributed by atoms with Gasteiger partial charge in [-0.2, -0.15) is 0 Å². The molecule has 0 nitrogen and oxygen atoms in total. The molecular formula is C11H23I. The van der Waals surface area contributed by atoms with Crippen molar-refractivity contribution in [1.82, 2.24) is 0 Å². The Morgan fingerprint density at radius 3 is 2.08 bits per heavy atom. The summed E-state index contributed by atoms with van der Waals surface area (Å²) in [4.78, 5) is 0. The van der Waals surface area contributed by atoms with Gasteiger partial charge in [-0.1, -0.05) is 69.0 Å². The van der Waals surface area contributed by atoms with Crippen molar-refractivity contribution in [2.45, 2.75) is 63.2 Å². The van der Waals surface area contributed by atoms with E-state index in [2.05, 4.69) is 43.4 Å². The molecule has 0 amide bonds. The molecule has 0 bridgehead atoms. The summed E-state index contributed by atoms with van der Waals surface area (Å²) in [5.74, 6) is 0.944. The summed E-state index contributed by atoms with van der Waals surface area (Å²) in [5, 5.41) is 0. The SMILES string of the molecule is CCC(C)CCCCC(I)CC. The Labute approximate surface area is 91.7 Å². The van der Waals surface area contributed by atoms with Gasteiger partial charge in [0.15, 0.2) is 0 Å². The van der Waals surface area contributed by atoms with Crippen LogP contribution in [-0.2, 0) is 0 Å². The summed E-state index contributed by atoms with van der Waals surface area (Å²) >= 11 is 2.57. The summed E-state index contributed by atoms with van der Waals surface area (Å²) in [5.41, 5.74) is 0. The van der Waals surface area contributed by atoms with E-state index in [0.717, 1.165) is 9.84 Å². The normalized spacial score (nSPS) is 16.0. The van der Waals surface area contributed by atoms with Gasteiger partial charge < -0.3 is 0 Å². The van der Waals surface area contributed by atoms with E-state index in [-0.39, 0.29) is 0 Å². The Morgan fingerprint density at radius 1 is 1.00 bits per heavy atom. The Hall–Kier alpha value is 0.730. The van der Waals surface area contributed by atoms with Gasteiger partial charge in [0, 0.05) is 3.92 Å². The molecule has 0 radical (unpaired) electrons. The first-order valence-corrected chi connectivity index (χ1v) is 6.59. The Balaban J connectivity index is 3.10. The largest absolute Gasteiger partial charge is 0.0826 e. The van der Waals surface area contributed by atoms with Gasteiger partial charge >= 0.3 is 0 Å². The molecule has 0 aromatic heterocycles. The molecular weight excluding hydrogens is 259 g/mol. The van der Waals surface area contributed by atoms with E-state index in [4.69, 9.17) is 0 Å². The Bertz CT molecular complexity index is 79.0. The van der Waals surface area contributed by atoms with Crippen LogP contribution >= 0.6 is 22.6 Å². The summed E-state index contributed by atoms with van der Waals surface area (Å²) in [7, 11) is 0. The summed E-state index contributed by atoms with van der Waals surface area (Å²) < 4.78 is 0.916. The highest BCUT2D eigenvalue weighted by molar-refractivity contribution is 14.1. The quantitative estimate of drug-likeness (QED) is 0.357. The zero-order chi connectivity index (χ0) is 9.40. The van der Waals surface area contributed by atoms with Crippen molar-refractivity contribution in [3.8, 4) is 0 Å². The average molecular weight is 282 g/mol. The van der Waals surface area contributed by atoms with E-state index in [1.54, 1.807) is 0 Å². The molecule has 0 aliphatic rings. The molecule has 0 saturated heterocycles. The molecule has 1 heteroatoms. The zero-order valence-corrected chi connectivity index (χ0v) is 10.9. The summed E-state index contributed by atoms with van der Waals surface area (Å²) in [6.45, 7) is 6.94. The predicted octanol–water partition coefficient (Wildman–Crippen LogP) is 4.81. The van der Waals surface area contributed by atoms with Crippen LogP contribution in [-0.4, -0.2) is 3.92 Å². The van der Waals surface area contributed by atoms with Gasteiger partial charge in [0.2, 0.25) is 0 Å². The molecule has 0 aromatic carbocycles. The Kier molecular flexibility index (Phi) is 8.84. The predicted molar refractivity (Wildman–Crippen MR) is 66.0 cm³/mol. The maximum atomic E-state index is 2.57. The molecule has 0 aliphatic heterocycles. The second-order valence-corrected chi connectivity index (χ2v) is 5.56. The smallest absolute Gasteiger partial charge is 0.0107 e. The van der Waals surface area contributed by atoms with Gasteiger partial charge in [0.25, 0.3) is 0 Å². The van der Waals surface area contributed by atoms with Gasteiger partial charge in [0.05, 0.1) is 0 Å². The standard InChI is InChI=1S/C11H23I/c1-4-10(3)8-6-7-9-11(12)5-2/h10-11H,4-9H2,1-3H3. The molecule has 2 unspecified atom stereocenters. The van der Waals surface area contributed by atoms with Gasteiger partial charge in [-0.3, -0.25) is 0 Å². The molecule has 0 spiro atoms. The lowest BCUT2D eigenvalue weighted by molar-refractivity contribution is 0.477. The van der Waals surface area contributed by atoms with Gasteiger partial charge in [-0.25, -0.2) is 0 Å².